The first-order valence-corrected chi connectivity index (χ1v) is 6.11. The zero-order chi connectivity index (χ0) is 11.7. The second-order valence-corrected chi connectivity index (χ2v) is 5.21. The van der Waals surface area contributed by atoms with E-state index in [1.807, 2.05) is 6.07 Å². The molecular formula is C10H13BrN4O. The van der Waals surface area contributed by atoms with E-state index in [9.17, 15) is 4.79 Å². The van der Waals surface area contributed by atoms with Crippen LogP contribution < -0.4 is 5.69 Å². The Kier molecular flexibility index (Phi) is 3.09. The fourth-order valence-electron chi connectivity index (χ4n) is 1.80. The fourth-order valence-corrected chi connectivity index (χ4v) is 2.44. The average Bonchev–Trinajstić information content (AvgIpc) is 2.61. The molecule has 2 heterocycles. The minimum absolute atomic E-state index is 0.256. The van der Waals surface area contributed by atoms with Crippen molar-refractivity contribution in [2.24, 2.45) is 0 Å². The molecule has 0 spiro atoms. The van der Waals surface area contributed by atoms with Crippen molar-refractivity contribution in [3.63, 3.8) is 0 Å². The first kappa shape index (κ1) is 11.3. The van der Waals surface area contributed by atoms with Crippen molar-refractivity contribution in [2.75, 3.05) is 0 Å². The van der Waals surface area contributed by atoms with E-state index in [0.717, 1.165) is 12.1 Å². The Morgan fingerprint density at radius 3 is 3.00 bits per heavy atom. The van der Waals surface area contributed by atoms with E-state index in [1.165, 1.54) is 10.7 Å². The van der Waals surface area contributed by atoms with E-state index in [2.05, 4.69) is 45.0 Å². The molecule has 0 radical (unpaired) electrons. The van der Waals surface area contributed by atoms with E-state index >= 15 is 0 Å². The zero-order valence-corrected chi connectivity index (χ0v) is 10.7. The van der Waals surface area contributed by atoms with Crippen LogP contribution in [0.3, 0.4) is 0 Å². The maximum Gasteiger partial charge on any atom is 0.348 e. The molecule has 0 aromatic carbocycles. The van der Waals surface area contributed by atoms with E-state index in [-0.39, 0.29) is 5.69 Å². The van der Waals surface area contributed by atoms with Gasteiger partial charge in [0.2, 0.25) is 0 Å². The van der Waals surface area contributed by atoms with Gasteiger partial charge in [0.25, 0.3) is 0 Å². The molecular weight excluding hydrogens is 272 g/mol. The smallest absolute Gasteiger partial charge is 0.246 e. The lowest BCUT2D eigenvalue weighted by atomic mass is 9.99. The van der Waals surface area contributed by atoms with Crippen LogP contribution in [0.5, 0.6) is 0 Å². The van der Waals surface area contributed by atoms with E-state index in [1.54, 1.807) is 0 Å². The summed E-state index contributed by atoms with van der Waals surface area (Å²) in [4.78, 5) is 15.9. The highest BCUT2D eigenvalue weighted by molar-refractivity contribution is 9.09. The third kappa shape index (κ3) is 1.89. The minimum atomic E-state index is -0.256. The SMILES string of the molecule is CCC(c1cc2n[nH]c(=O)n2cn1)C(C)Br. The quantitative estimate of drug-likeness (QED) is 0.873. The summed E-state index contributed by atoms with van der Waals surface area (Å²) in [7, 11) is 0. The Balaban J connectivity index is 2.50. The van der Waals surface area contributed by atoms with Crippen molar-refractivity contribution >= 4 is 21.6 Å². The first-order valence-electron chi connectivity index (χ1n) is 5.20. The molecule has 2 atom stereocenters. The number of nitrogens with one attached hydrogen (secondary N) is 1. The highest BCUT2D eigenvalue weighted by Gasteiger charge is 2.17. The van der Waals surface area contributed by atoms with Crippen LogP contribution in [0.4, 0.5) is 0 Å². The van der Waals surface area contributed by atoms with E-state index in [4.69, 9.17) is 0 Å². The van der Waals surface area contributed by atoms with Crippen molar-refractivity contribution in [3.05, 3.63) is 28.6 Å². The van der Waals surface area contributed by atoms with Gasteiger partial charge < -0.3 is 0 Å². The van der Waals surface area contributed by atoms with E-state index < -0.39 is 0 Å². The Hall–Kier alpha value is -1.17. The van der Waals surface area contributed by atoms with Gasteiger partial charge in [-0.15, -0.1) is 0 Å². The number of aromatic amines is 1. The van der Waals surface area contributed by atoms with Crippen molar-refractivity contribution < 1.29 is 0 Å². The number of alkyl halides is 1. The number of nitrogens with zero attached hydrogens (tertiary/aromatic N) is 3. The minimum Gasteiger partial charge on any atom is -0.246 e. The Labute approximate surface area is 101 Å². The molecule has 0 amide bonds. The molecule has 0 bridgehead atoms. The van der Waals surface area contributed by atoms with Crippen LogP contribution in [-0.2, 0) is 0 Å². The van der Waals surface area contributed by atoms with Gasteiger partial charge in [0, 0.05) is 16.8 Å². The summed E-state index contributed by atoms with van der Waals surface area (Å²) in [5.41, 5.74) is 1.31. The summed E-state index contributed by atoms with van der Waals surface area (Å²) in [6.45, 7) is 4.21. The van der Waals surface area contributed by atoms with Gasteiger partial charge in [0.1, 0.15) is 6.33 Å². The van der Waals surface area contributed by atoms with Crippen molar-refractivity contribution in [1.82, 2.24) is 19.6 Å². The third-order valence-corrected chi connectivity index (χ3v) is 3.34. The van der Waals surface area contributed by atoms with Gasteiger partial charge >= 0.3 is 5.69 Å². The lowest BCUT2D eigenvalue weighted by Crippen LogP contribution is -2.13. The number of halogens is 1. The second kappa shape index (κ2) is 4.37. The molecule has 0 saturated carbocycles. The van der Waals surface area contributed by atoms with Crippen LogP contribution >= 0.6 is 15.9 Å². The highest BCUT2D eigenvalue weighted by atomic mass is 79.9. The topological polar surface area (TPSA) is 63.0 Å². The Bertz CT molecular complexity index is 545. The number of hydrogen-bond donors (Lipinski definition) is 1. The lowest BCUT2D eigenvalue weighted by molar-refractivity contribution is 0.641. The van der Waals surface area contributed by atoms with Gasteiger partial charge in [0.05, 0.1) is 5.69 Å². The first-order chi connectivity index (χ1) is 7.63. The Morgan fingerprint density at radius 1 is 1.62 bits per heavy atom. The summed E-state index contributed by atoms with van der Waals surface area (Å²) < 4.78 is 1.40. The summed E-state index contributed by atoms with van der Waals surface area (Å²) in [6, 6.07) is 1.85. The van der Waals surface area contributed by atoms with Crippen LogP contribution in [-0.4, -0.2) is 24.4 Å². The molecule has 1 N–H and O–H groups in total. The zero-order valence-electron chi connectivity index (χ0n) is 9.14. The van der Waals surface area contributed by atoms with Crippen LogP contribution in [0.15, 0.2) is 17.2 Å². The molecule has 5 nitrogen and oxygen atoms in total. The van der Waals surface area contributed by atoms with Gasteiger partial charge in [-0.25, -0.2) is 19.3 Å². The number of H-pyrrole nitrogens is 1. The molecule has 0 aliphatic rings. The molecule has 2 rings (SSSR count). The maximum atomic E-state index is 11.3. The molecule has 0 aliphatic carbocycles. The summed E-state index contributed by atoms with van der Waals surface area (Å²) in [6.07, 6.45) is 2.51. The predicted molar refractivity (Wildman–Crippen MR) is 65.0 cm³/mol. The van der Waals surface area contributed by atoms with Crippen LogP contribution in [0.1, 0.15) is 31.9 Å². The van der Waals surface area contributed by atoms with Crippen LogP contribution in [0.25, 0.3) is 5.65 Å². The number of rotatable bonds is 3. The predicted octanol–water partition coefficient (Wildman–Crippen LogP) is 1.69. The normalized spacial score (nSPS) is 15.2. The molecule has 6 heteroatoms. The van der Waals surface area contributed by atoms with Crippen molar-refractivity contribution in [2.45, 2.75) is 31.0 Å². The molecule has 0 fully saturated rings. The summed E-state index contributed by atoms with van der Waals surface area (Å²) in [5.74, 6) is 0.330. The molecule has 0 saturated heterocycles. The van der Waals surface area contributed by atoms with Gasteiger partial charge in [-0.2, -0.15) is 5.10 Å². The number of fused-ring (bicyclic) bond motifs is 1. The van der Waals surface area contributed by atoms with Crippen molar-refractivity contribution in [3.8, 4) is 0 Å². The molecule has 86 valence electrons. The molecule has 2 aromatic rings. The largest absolute Gasteiger partial charge is 0.348 e. The molecule has 16 heavy (non-hydrogen) atoms. The molecule has 0 aliphatic heterocycles. The number of aromatic nitrogens is 4. The van der Waals surface area contributed by atoms with Gasteiger partial charge in [-0.3, -0.25) is 0 Å². The van der Waals surface area contributed by atoms with Crippen LogP contribution in [0, 0.1) is 0 Å². The fraction of sp³-hybridized carbons (Fsp3) is 0.500. The molecule has 2 aromatic heterocycles. The van der Waals surface area contributed by atoms with E-state index in [0.29, 0.717) is 16.4 Å². The Morgan fingerprint density at radius 2 is 2.38 bits per heavy atom. The van der Waals surface area contributed by atoms with Crippen LogP contribution in [0.2, 0.25) is 0 Å². The second-order valence-electron chi connectivity index (χ2n) is 3.76. The standard InChI is InChI=1S/C10H13BrN4O/c1-3-7(6(2)11)8-4-9-13-14-10(16)15(9)5-12-8/h4-7H,3H2,1-2H3,(H,14,16). The highest BCUT2D eigenvalue weighted by Crippen LogP contribution is 2.26. The molecule has 2 unspecified atom stereocenters. The monoisotopic (exact) mass is 284 g/mol. The van der Waals surface area contributed by atoms with Gasteiger partial charge in [-0.1, -0.05) is 29.8 Å². The summed E-state index contributed by atoms with van der Waals surface area (Å²) in [5, 5.41) is 6.32. The average molecular weight is 285 g/mol. The van der Waals surface area contributed by atoms with Gasteiger partial charge in [0.15, 0.2) is 5.65 Å². The summed E-state index contributed by atoms with van der Waals surface area (Å²) >= 11 is 3.57. The van der Waals surface area contributed by atoms with Crippen molar-refractivity contribution in [1.29, 1.82) is 0 Å². The number of hydrogen-bond acceptors (Lipinski definition) is 3. The van der Waals surface area contributed by atoms with Gasteiger partial charge in [-0.05, 0) is 6.42 Å². The third-order valence-electron chi connectivity index (χ3n) is 2.71. The lowest BCUT2D eigenvalue weighted by Gasteiger charge is -2.16. The maximum absolute atomic E-state index is 11.3.